The number of hydrogen-bond donors (Lipinski definition) is 1. The van der Waals surface area contributed by atoms with Crippen LogP contribution in [-0.2, 0) is 16.4 Å². The van der Waals surface area contributed by atoms with E-state index in [2.05, 4.69) is 15.5 Å². The third-order valence-corrected chi connectivity index (χ3v) is 7.68. The lowest BCUT2D eigenvalue weighted by Crippen LogP contribution is -2.35. The van der Waals surface area contributed by atoms with Gasteiger partial charge in [-0.25, -0.2) is 0 Å². The average Bonchev–Trinajstić information content (AvgIpc) is 3.26. The molecular formula is C19H18N4O3S2. The Morgan fingerprint density at radius 2 is 1.86 bits per heavy atom. The number of sulfonamides is 1. The van der Waals surface area contributed by atoms with Crippen molar-refractivity contribution in [3.63, 3.8) is 0 Å². The molecule has 0 unspecified atom stereocenters. The maximum atomic E-state index is 13.1. The number of para-hydroxylation sites is 1. The molecule has 3 aromatic rings. The largest absolute Gasteiger partial charge is 0.296 e. The zero-order chi connectivity index (χ0) is 19.9. The van der Waals surface area contributed by atoms with Crippen LogP contribution in [0.3, 0.4) is 0 Å². The maximum Gasteiger partial charge on any atom is 0.293 e. The molecule has 1 aliphatic rings. The van der Waals surface area contributed by atoms with Crippen LogP contribution in [0.1, 0.15) is 28.4 Å². The lowest BCUT2D eigenvalue weighted by atomic mass is 10.1. The molecule has 7 nitrogen and oxygen atoms in total. The molecule has 1 atom stereocenters. The minimum Gasteiger partial charge on any atom is -0.296 e. The molecule has 0 saturated heterocycles. The molecule has 1 aromatic heterocycles. The SMILES string of the molecule is Cc1ccc(C(=O)Nc2nnc(S(=O)(=O)N3c4ccccc4C[C@@H]3C)s2)cc1. The Morgan fingerprint density at radius 1 is 1.14 bits per heavy atom. The first-order chi connectivity index (χ1) is 13.4. The average molecular weight is 415 g/mol. The zero-order valence-corrected chi connectivity index (χ0v) is 16.9. The van der Waals surface area contributed by atoms with Crippen LogP contribution in [0.15, 0.2) is 52.9 Å². The standard InChI is InChI=1S/C19H18N4O3S2/c1-12-7-9-14(10-8-12)17(24)20-18-21-22-19(27-18)28(25,26)23-13(2)11-15-5-3-4-6-16(15)23/h3-10,13H,11H2,1-2H3,(H,20,21,24)/t13-/m0/s1. The highest BCUT2D eigenvalue weighted by Gasteiger charge is 2.38. The molecule has 144 valence electrons. The normalized spacial score (nSPS) is 16.1. The third-order valence-electron chi connectivity index (χ3n) is 4.57. The number of rotatable bonds is 4. The number of carbonyl (C=O) groups excluding carboxylic acids is 1. The van der Waals surface area contributed by atoms with Gasteiger partial charge in [0.15, 0.2) is 0 Å². The molecule has 0 saturated carbocycles. The number of nitrogens with one attached hydrogen (secondary N) is 1. The topological polar surface area (TPSA) is 92.3 Å². The number of amides is 1. The highest BCUT2D eigenvalue weighted by atomic mass is 32.2. The number of carbonyl (C=O) groups is 1. The van der Waals surface area contributed by atoms with Crippen LogP contribution in [-0.4, -0.2) is 30.6 Å². The molecule has 28 heavy (non-hydrogen) atoms. The van der Waals surface area contributed by atoms with Crippen molar-refractivity contribution in [3.05, 3.63) is 65.2 Å². The molecule has 0 aliphatic carbocycles. The van der Waals surface area contributed by atoms with Gasteiger partial charge in [-0.15, -0.1) is 10.2 Å². The van der Waals surface area contributed by atoms with Gasteiger partial charge in [-0.3, -0.25) is 14.4 Å². The van der Waals surface area contributed by atoms with Gasteiger partial charge in [-0.05, 0) is 44.0 Å². The maximum absolute atomic E-state index is 13.1. The second-order valence-corrected chi connectivity index (χ2v) is 9.64. The first-order valence-electron chi connectivity index (χ1n) is 8.70. The summed E-state index contributed by atoms with van der Waals surface area (Å²) in [5.74, 6) is -0.361. The Hall–Kier alpha value is -2.78. The third kappa shape index (κ3) is 3.27. The summed E-state index contributed by atoms with van der Waals surface area (Å²) in [7, 11) is -3.86. The molecule has 0 bridgehead atoms. The fourth-order valence-corrected chi connectivity index (χ4v) is 5.90. The number of aromatic nitrogens is 2. The van der Waals surface area contributed by atoms with Gasteiger partial charge in [0.1, 0.15) is 0 Å². The summed E-state index contributed by atoms with van der Waals surface area (Å²) in [6.45, 7) is 3.79. The molecule has 0 radical (unpaired) electrons. The zero-order valence-electron chi connectivity index (χ0n) is 15.3. The van der Waals surface area contributed by atoms with Gasteiger partial charge in [0.2, 0.25) is 5.13 Å². The van der Waals surface area contributed by atoms with Gasteiger partial charge in [0, 0.05) is 11.6 Å². The van der Waals surface area contributed by atoms with E-state index in [9.17, 15) is 13.2 Å². The second-order valence-electron chi connectivity index (χ2n) is 6.68. The summed E-state index contributed by atoms with van der Waals surface area (Å²) in [5, 5.41) is 10.4. The van der Waals surface area contributed by atoms with E-state index in [4.69, 9.17) is 0 Å². The Bertz CT molecular complexity index is 1140. The number of anilines is 2. The van der Waals surface area contributed by atoms with Crippen LogP contribution in [0.5, 0.6) is 0 Å². The summed E-state index contributed by atoms with van der Waals surface area (Å²) < 4.78 is 27.5. The van der Waals surface area contributed by atoms with E-state index in [1.165, 1.54) is 4.31 Å². The smallest absolute Gasteiger partial charge is 0.293 e. The molecule has 2 aromatic carbocycles. The fourth-order valence-electron chi connectivity index (χ4n) is 3.23. The molecule has 0 spiro atoms. The van der Waals surface area contributed by atoms with Crippen molar-refractivity contribution < 1.29 is 13.2 Å². The van der Waals surface area contributed by atoms with Gasteiger partial charge < -0.3 is 0 Å². The van der Waals surface area contributed by atoms with E-state index in [-0.39, 0.29) is 21.4 Å². The van der Waals surface area contributed by atoms with E-state index in [0.717, 1.165) is 22.5 Å². The van der Waals surface area contributed by atoms with Crippen LogP contribution in [0.4, 0.5) is 10.8 Å². The van der Waals surface area contributed by atoms with Gasteiger partial charge >= 0.3 is 0 Å². The van der Waals surface area contributed by atoms with Crippen LogP contribution in [0.2, 0.25) is 0 Å². The van der Waals surface area contributed by atoms with Crippen LogP contribution in [0, 0.1) is 6.92 Å². The van der Waals surface area contributed by atoms with Gasteiger partial charge in [-0.2, -0.15) is 8.42 Å². The van der Waals surface area contributed by atoms with Crippen molar-refractivity contribution in [2.45, 2.75) is 30.6 Å². The first-order valence-corrected chi connectivity index (χ1v) is 11.0. The number of fused-ring (bicyclic) bond motifs is 1. The highest BCUT2D eigenvalue weighted by Crippen LogP contribution is 2.37. The summed E-state index contributed by atoms with van der Waals surface area (Å²) >= 11 is 0.846. The van der Waals surface area contributed by atoms with Crippen molar-refractivity contribution in [2.24, 2.45) is 0 Å². The Balaban J connectivity index is 1.58. The second kappa shape index (κ2) is 6.99. The highest BCUT2D eigenvalue weighted by molar-refractivity contribution is 7.94. The lowest BCUT2D eigenvalue weighted by molar-refractivity contribution is 0.102. The summed E-state index contributed by atoms with van der Waals surface area (Å²) in [6, 6.07) is 14.3. The van der Waals surface area contributed by atoms with Crippen LogP contribution in [0.25, 0.3) is 0 Å². The molecule has 1 N–H and O–H groups in total. The minimum atomic E-state index is -3.86. The van der Waals surface area contributed by atoms with Crippen molar-refractivity contribution in [1.82, 2.24) is 10.2 Å². The number of hydrogen-bond acceptors (Lipinski definition) is 6. The Morgan fingerprint density at radius 3 is 2.61 bits per heavy atom. The molecule has 4 rings (SSSR count). The van der Waals surface area contributed by atoms with Gasteiger partial charge in [0.05, 0.1) is 5.69 Å². The minimum absolute atomic E-state index is 0.143. The fraction of sp³-hybridized carbons (Fsp3) is 0.211. The number of nitrogens with zero attached hydrogens (tertiary/aromatic N) is 3. The summed E-state index contributed by atoms with van der Waals surface area (Å²) in [6.07, 6.45) is 0.644. The quantitative estimate of drug-likeness (QED) is 0.662. The predicted octanol–water partition coefficient (Wildman–Crippen LogP) is 3.24. The van der Waals surface area contributed by atoms with Crippen molar-refractivity contribution in [2.75, 3.05) is 9.62 Å². The Labute approximate surface area is 167 Å². The van der Waals surface area contributed by atoms with Crippen LogP contribution >= 0.6 is 11.3 Å². The molecule has 2 heterocycles. The summed E-state index contributed by atoms with van der Waals surface area (Å²) in [5.41, 5.74) is 3.15. The lowest BCUT2D eigenvalue weighted by Gasteiger charge is -2.22. The predicted molar refractivity (Wildman–Crippen MR) is 108 cm³/mol. The Kier molecular flexibility index (Phi) is 4.64. The van der Waals surface area contributed by atoms with E-state index in [1.54, 1.807) is 18.2 Å². The first kappa shape index (κ1) is 18.6. The number of benzene rings is 2. The number of aryl methyl sites for hydroxylation is 1. The van der Waals surface area contributed by atoms with Gasteiger partial charge in [0.25, 0.3) is 20.3 Å². The van der Waals surface area contributed by atoms with E-state index in [0.29, 0.717) is 17.7 Å². The van der Waals surface area contributed by atoms with E-state index in [1.807, 2.05) is 44.2 Å². The van der Waals surface area contributed by atoms with Gasteiger partial charge in [-0.1, -0.05) is 47.2 Å². The molecule has 1 aliphatic heterocycles. The molecular weight excluding hydrogens is 396 g/mol. The summed E-state index contributed by atoms with van der Waals surface area (Å²) in [4.78, 5) is 12.3. The molecule has 1 amide bonds. The van der Waals surface area contributed by atoms with Crippen LogP contribution < -0.4 is 9.62 Å². The van der Waals surface area contributed by atoms with E-state index < -0.39 is 10.0 Å². The van der Waals surface area contributed by atoms with Crippen molar-refractivity contribution in [3.8, 4) is 0 Å². The monoisotopic (exact) mass is 414 g/mol. The molecule has 0 fully saturated rings. The van der Waals surface area contributed by atoms with Crippen molar-refractivity contribution in [1.29, 1.82) is 0 Å². The van der Waals surface area contributed by atoms with E-state index >= 15 is 0 Å². The molecule has 9 heteroatoms. The van der Waals surface area contributed by atoms with Crippen molar-refractivity contribution >= 4 is 38.1 Å².